The number of aromatic nitrogens is 2. The number of fused-ring (bicyclic) bond motifs is 1. The van der Waals surface area contributed by atoms with Crippen molar-refractivity contribution in [2.75, 3.05) is 10.6 Å². The molecule has 0 aliphatic carbocycles. The van der Waals surface area contributed by atoms with Crippen LogP contribution in [0.25, 0.3) is 11.1 Å². The zero-order valence-corrected chi connectivity index (χ0v) is 16.8. The summed E-state index contributed by atoms with van der Waals surface area (Å²) in [5, 5.41) is 10.5. The molecule has 29 heavy (non-hydrogen) atoms. The topological polar surface area (TPSA) is 76.0 Å². The van der Waals surface area contributed by atoms with Crippen molar-refractivity contribution < 1.29 is 9.59 Å². The number of aryl methyl sites for hydroxylation is 3. The van der Waals surface area contributed by atoms with E-state index in [4.69, 9.17) is 0 Å². The Morgan fingerprint density at radius 1 is 1.07 bits per heavy atom. The lowest BCUT2D eigenvalue weighted by Gasteiger charge is -2.10. The molecule has 2 aromatic carbocycles. The van der Waals surface area contributed by atoms with Crippen LogP contribution in [0.3, 0.4) is 0 Å². The third-order valence-corrected chi connectivity index (χ3v) is 5.21. The lowest BCUT2D eigenvalue weighted by atomic mass is 10.0. The zero-order valence-electron chi connectivity index (χ0n) is 16.8. The summed E-state index contributed by atoms with van der Waals surface area (Å²) in [7, 11) is 0. The number of hydrogen-bond acceptors (Lipinski definition) is 3. The predicted octanol–water partition coefficient (Wildman–Crippen LogP) is 4.25. The standard InChI is InChI=1S/C23H24N4O2/c1-4-18-21(16-9-5-14(2)6-10-16)22-25-23(29)19(27(22)26-18)13-20(28)24-17-11-7-15(3)8-12-17/h5-12,19H,4,13H2,1-3H3,(H,24,28)(H,25,29). The number of benzene rings is 2. The van der Waals surface area contributed by atoms with Crippen LogP contribution in [-0.4, -0.2) is 21.6 Å². The molecular formula is C23H24N4O2. The van der Waals surface area contributed by atoms with E-state index in [2.05, 4.69) is 15.7 Å². The average Bonchev–Trinajstić information content (AvgIpc) is 3.20. The van der Waals surface area contributed by atoms with Crippen LogP contribution in [-0.2, 0) is 16.0 Å². The van der Waals surface area contributed by atoms with E-state index in [0.29, 0.717) is 11.5 Å². The van der Waals surface area contributed by atoms with Crippen molar-refractivity contribution >= 4 is 23.3 Å². The Balaban J connectivity index is 1.60. The van der Waals surface area contributed by atoms with E-state index < -0.39 is 6.04 Å². The third kappa shape index (κ3) is 3.66. The lowest BCUT2D eigenvalue weighted by Crippen LogP contribution is -2.23. The number of anilines is 2. The molecule has 0 fully saturated rings. The molecule has 0 saturated carbocycles. The second-order valence-corrected chi connectivity index (χ2v) is 7.46. The molecule has 1 aliphatic rings. The SMILES string of the molecule is CCc1nn2c(c1-c1ccc(C)cc1)NC(=O)C2CC(=O)Nc1ccc(C)cc1. The third-order valence-electron chi connectivity index (χ3n) is 5.21. The Hall–Kier alpha value is -3.41. The first-order valence-corrected chi connectivity index (χ1v) is 9.82. The van der Waals surface area contributed by atoms with E-state index in [0.717, 1.165) is 28.8 Å². The molecule has 0 radical (unpaired) electrons. The highest BCUT2D eigenvalue weighted by molar-refractivity contribution is 6.04. The Bertz CT molecular complexity index is 1070. The highest BCUT2D eigenvalue weighted by atomic mass is 16.2. The number of nitrogens with one attached hydrogen (secondary N) is 2. The molecule has 1 atom stereocenters. The fourth-order valence-corrected chi connectivity index (χ4v) is 3.61. The van der Waals surface area contributed by atoms with Gasteiger partial charge in [0.2, 0.25) is 5.91 Å². The fraction of sp³-hybridized carbons (Fsp3) is 0.261. The van der Waals surface area contributed by atoms with Crippen LogP contribution in [0.2, 0.25) is 0 Å². The molecule has 148 valence electrons. The van der Waals surface area contributed by atoms with E-state index in [1.165, 1.54) is 5.56 Å². The number of amides is 2. The van der Waals surface area contributed by atoms with Gasteiger partial charge in [-0.3, -0.25) is 9.59 Å². The number of rotatable bonds is 5. The van der Waals surface area contributed by atoms with Gasteiger partial charge in [-0.25, -0.2) is 4.68 Å². The number of carbonyl (C=O) groups excluding carboxylic acids is 2. The van der Waals surface area contributed by atoms with Gasteiger partial charge in [0.1, 0.15) is 11.9 Å². The Morgan fingerprint density at radius 2 is 1.69 bits per heavy atom. The Morgan fingerprint density at radius 3 is 2.31 bits per heavy atom. The molecule has 1 aromatic heterocycles. The van der Waals surface area contributed by atoms with Crippen LogP contribution < -0.4 is 10.6 Å². The van der Waals surface area contributed by atoms with Crippen molar-refractivity contribution in [2.24, 2.45) is 0 Å². The van der Waals surface area contributed by atoms with E-state index in [9.17, 15) is 9.59 Å². The molecule has 2 heterocycles. The van der Waals surface area contributed by atoms with Crippen LogP contribution in [0.5, 0.6) is 0 Å². The Kier molecular flexibility index (Phi) is 4.92. The largest absolute Gasteiger partial charge is 0.326 e. The van der Waals surface area contributed by atoms with Gasteiger partial charge in [0.15, 0.2) is 0 Å². The van der Waals surface area contributed by atoms with Gasteiger partial charge in [-0.1, -0.05) is 54.4 Å². The van der Waals surface area contributed by atoms with Crippen LogP contribution in [0, 0.1) is 13.8 Å². The molecule has 0 bridgehead atoms. The summed E-state index contributed by atoms with van der Waals surface area (Å²) in [6.45, 7) is 6.07. The summed E-state index contributed by atoms with van der Waals surface area (Å²) in [5.41, 5.74) is 5.86. The molecule has 3 aromatic rings. The van der Waals surface area contributed by atoms with Crippen molar-refractivity contribution in [1.29, 1.82) is 0 Å². The van der Waals surface area contributed by atoms with Crippen molar-refractivity contribution in [3.05, 3.63) is 65.4 Å². The second-order valence-electron chi connectivity index (χ2n) is 7.46. The van der Waals surface area contributed by atoms with E-state index >= 15 is 0 Å². The smallest absolute Gasteiger partial charge is 0.251 e. The first-order chi connectivity index (χ1) is 14.0. The van der Waals surface area contributed by atoms with Crippen LogP contribution >= 0.6 is 0 Å². The number of hydrogen-bond donors (Lipinski definition) is 2. The summed E-state index contributed by atoms with van der Waals surface area (Å²) in [5.74, 6) is 0.249. The normalized spacial score (nSPS) is 15.1. The van der Waals surface area contributed by atoms with E-state index in [-0.39, 0.29) is 18.2 Å². The predicted molar refractivity (Wildman–Crippen MR) is 114 cm³/mol. The summed E-state index contributed by atoms with van der Waals surface area (Å²) >= 11 is 0. The Labute approximate surface area is 169 Å². The van der Waals surface area contributed by atoms with Gasteiger partial charge in [-0.2, -0.15) is 5.10 Å². The van der Waals surface area contributed by atoms with Crippen LogP contribution in [0.4, 0.5) is 11.5 Å². The number of carbonyl (C=O) groups is 2. The van der Waals surface area contributed by atoms with Gasteiger partial charge < -0.3 is 10.6 Å². The van der Waals surface area contributed by atoms with Gasteiger partial charge in [0.25, 0.3) is 5.91 Å². The van der Waals surface area contributed by atoms with Gasteiger partial charge in [0.05, 0.1) is 12.1 Å². The maximum Gasteiger partial charge on any atom is 0.251 e. The summed E-state index contributed by atoms with van der Waals surface area (Å²) in [4.78, 5) is 25.2. The second kappa shape index (κ2) is 7.54. The minimum absolute atomic E-state index is 0.0326. The van der Waals surface area contributed by atoms with Gasteiger partial charge >= 0.3 is 0 Å². The fourth-order valence-electron chi connectivity index (χ4n) is 3.61. The van der Waals surface area contributed by atoms with Gasteiger partial charge in [0, 0.05) is 11.3 Å². The zero-order chi connectivity index (χ0) is 20.5. The molecule has 0 spiro atoms. The molecule has 2 amide bonds. The van der Waals surface area contributed by atoms with E-state index in [1.54, 1.807) is 4.68 Å². The molecule has 2 N–H and O–H groups in total. The molecule has 0 saturated heterocycles. The molecular weight excluding hydrogens is 364 g/mol. The average molecular weight is 388 g/mol. The maximum absolute atomic E-state index is 12.6. The first-order valence-electron chi connectivity index (χ1n) is 9.82. The van der Waals surface area contributed by atoms with Crippen molar-refractivity contribution in [3.63, 3.8) is 0 Å². The summed E-state index contributed by atoms with van der Waals surface area (Å²) in [6.07, 6.45) is 0.770. The van der Waals surface area contributed by atoms with Crippen molar-refractivity contribution in [2.45, 2.75) is 39.7 Å². The van der Waals surface area contributed by atoms with Crippen LogP contribution in [0.1, 0.15) is 36.2 Å². The van der Waals surface area contributed by atoms with Crippen molar-refractivity contribution in [1.82, 2.24) is 9.78 Å². The highest BCUT2D eigenvalue weighted by Crippen LogP contribution is 2.38. The minimum atomic E-state index is -0.653. The lowest BCUT2D eigenvalue weighted by molar-refractivity contribution is -0.123. The maximum atomic E-state index is 12.6. The van der Waals surface area contributed by atoms with E-state index in [1.807, 2.05) is 69.3 Å². The van der Waals surface area contributed by atoms with Crippen molar-refractivity contribution in [3.8, 4) is 11.1 Å². The first kappa shape index (κ1) is 18.9. The molecule has 6 nitrogen and oxygen atoms in total. The quantitative estimate of drug-likeness (QED) is 0.686. The monoisotopic (exact) mass is 388 g/mol. The van der Waals surface area contributed by atoms with Crippen LogP contribution in [0.15, 0.2) is 48.5 Å². The highest BCUT2D eigenvalue weighted by Gasteiger charge is 2.36. The summed E-state index contributed by atoms with van der Waals surface area (Å²) in [6, 6.07) is 15.1. The number of nitrogens with zero attached hydrogens (tertiary/aromatic N) is 2. The summed E-state index contributed by atoms with van der Waals surface area (Å²) < 4.78 is 1.67. The molecule has 1 unspecified atom stereocenters. The van der Waals surface area contributed by atoms with Gasteiger partial charge in [-0.15, -0.1) is 0 Å². The van der Waals surface area contributed by atoms with Gasteiger partial charge in [-0.05, 0) is 38.0 Å². The minimum Gasteiger partial charge on any atom is -0.326 e. The molecule has 1 aliphatic heterocycles. The molecule has 6 heteroatoms. The molecule has 4 rings (SSSR count).